The number of rotatable bonds is 9. The van der Waals surface area contributed by atoms with Gasteiger partial charge in [0.15, 0.2) is 0 Å². The first-order valence-electron chi connectivity index (χ1n) is 22.4. The summed E-state index contributed by atoms with van der Waals surface area (Å²) in [7, 11) is 0. The van der Waals surface area contributed by atoms with E-state index in [9.17, 15) is 9.59 Å². The molecule has 2 saturated carbocycles. The molecule has 0 aromatic heterocycles. The van der Waals surface area contributed by atoms with Crippen LogP contribution in [0.4, 0.5) is 0 Å². The van der Waals surface area contributed by atoms with Gasteiger partial charge in [-0.1, -0.05) is 172 Å². The summed E-state index contributed by atoms with van der Waals surface area (Å²) in [6, 6.07) is 56.7. The Hall–Kier alpha value is -6.78. The third-order valence-electron chi connectivity index (χ3n) is 13.3. The molecule has 0 amide bonds. The Morgan fingerprint density at radius 2 is 0.694 bits per heavy atom. The molecule has 2 aliphatic carbocycles. The first-order valence-corrected chi connectivity index (χ1v) is 22.4. The molecule has 4 heteroatoms. The number of fused-ring (bicyclic) bond motifs is 2. The molecule has 0 unspecified atom stereocenters. The van der Waals surface area contributed by atoms with Gasteiger partial charge in [0, 0.05) is 11.1 Å². The van der Waals surface area contributed by atoms with Crippen LogP contribution >= 0.6 is 0 Å². The molecule has 10 rings (SSSR count). The van der Waals surface area contributed by atoms with Crippen molar-refractivity contribution in [2.45, 2.75) is 76.0 Å². The quantitative estimate of drug-likeness (QED) is 0.108. The summed E-state index contributed by atoms with van der Waals surface area (Å²) < 4.78 is 12.7. The van der Waals surface area contributed by atoms with Crippen LogP contribution in [0.25, 0.3) is 54.9 Å². The molecule has 2 aliphatic rings. The van der Waals surface area contributed by atoms with Gasteiger partial charge in [0.25, 0.3) is 0 Å². The van der Waals surface area contributed by atoms with Crippen LogP contribution in [0.15, 0.2) is 170 Å². The van der Waals surface area contributed by atoms with Crippen molar-refractivity contribution in [1.29, 1.82) is 0 Å². The monoisotopic (exact) mass is 810 g/mol. The molecule has 4 nitrogen and oxygen atoms in total. The fraction of sp³-hybridized carbons (Fsp3) is 0.207. The van der Waals surface area contributed by atoms with Crippen LogP contribution in [-0.2, 0) is 0 Å². The summed E-state index contributed by atoms with van der Waals surface area (Å²) in [6.07, 6.45) is 13.0. The van der Waals surface area contributed by atoms with Gasteiger partial charge >= 0.3 is 11.9 Å². The van der Waals surface area contributed by atoms with Gasteiger partial charge in [0.05, 0.1) is 11.1 Å². The SMILES string of the molecule is O=C(Oc1ccc2ccccc2c1-c1c(OC(=O)c2ccc(-c3ccc(C4CCCCC4)cc3)cc2)ccc2ccccc12)c1ccc(-c2ccc(C3CCCCC3)cc2)cc1. The highest BCUT2D eigenvalue weighted by Crippen LogP contribution is 2.46. The first kappa shape index (κ1) is 39.4. The van der Waals surface area contributed by atoms with Gasteiger partial charge in [-0.05, 0) is 129 Å². The average Bonchev–Trinajstić information content (AvgIpc) is 3.35. The molecule has 0 N–H and O–H groups in total. The Kier molecular flexibility index (Phi) is 11.2. The Balaban J connectivity index is 0.936. The van der Waals surface area contributed by atoms with E-state index < -0.39 is 11.9 Å². The maximum atomic E-state index is 14.0. The van der Waals surface area contributed by atoms with Crippen molar-refractivity contribution < 1.29 is 19.1 Å². The Morgan fingerprint density at radius 1 is 0.355 bits per heavy atom. The molecule has 62 heavy (non-hydrogen) atoms. The summed E-state index contributed by atoms with van der Waals surface area (Å²) in [4.78, 5) is 28.0. The van der Waals surface area contributed by atoms with Gasteiger partial charge in [-0.3, -0.25) is 0 Å². The maximum absolute atomic E-state index is 14.0. The first-order chi connectivity index (χ1) is 30.6. The largest absolute Gasteiger partial charge is 0.422 e. The molecule has 0 radical (unpaired) electrons. The Morgan fingerprint density at radius 3 is 1.06 bits per heavy atom. The maximum Gasteiger partial charge on any atom is 0.343 e. The van der Waals surface area contributed by atoms with Crippen LogP contribution < -0.4 is 9.47 Å². The minimum absolute atomic E-state index is 0.378. The van der Waals surface area contributed by atoms with Crippen LogP contribution in [0.3, 0.4) is 0 Å². The number of hydrogen-bond acceptors (Lipinski definition) is 4. The zero-order chi connectivity index (χ0) is 41.8. The van der Waals surface area contributed by atoms with Crippen LogP contribution in [0.1, 0.15) is 108 Å². The zero-order valence-corrected chi connectivity index (χ0v) is 35.0. The lowest BCUT2D eigenvalue weighted by molar-refractivity contribution is 0.0723. The van der Waals surface area contributed by atoms with E-state index in [1.165, 1.54) is 75.3 Å². The van der Waals surface area contributed by atoms with E-state index in [0.717, 1.165) is 43.8 Å². The molecule has 0 bridgehead atoms. The lowest BCUT2D eigenvalue weighted by Crippen LogP contribution is -2.11. The van der Waals surface area contributed by atoms with Crippen molar-refractivity contribution in [2.24, 2.45) is 0 Å². The number of carbonyl (C=O) groups excluding carboxylic acids is 2. The zero-order valence-electron chi connectivity index (χ0n) is 35.0. The summed E-state index contributed by atoms with van der Waals surface area (Å²) >= 11 is 0. The molecular formula is C58H50O4. The number of ether oxygens (including phenoxy) is 2. The molecule has 306 valence electrons. The standard InChI is InChI=1S/C58H50O4/c59-57(49-31-27-45(28-32-49)43-23-19-41(20-24-43)39-11-3-1-4-12-39)61-53-37-35-47-15-7-9-17-51(47)55(53)56-52-18-10-8-16-48(52)36-38-54(56)62-58(60)50-33-29-46(30-34-50)44-25-21-42(22-26-44)40-13-5-2-6-14-40/h7-10,15-40H,1-6,11-14H2. The third-order valence-corrected chi connectivity index (χ3v) is 13.3. The molecule has 8 aromatic carbocycles. The summed E-state index contributed by atoms with van der Waals surface area (Å²) in [5, 5.41) is 3.68. The van der Waals surface area contributed by atoms with Crippen molar-refractivity contribution >= 4 is 33.5 Å². The molecule has 8 aromatic rings. The van der Waals surface area contributed by atoms with E-state index in [2.05, 4.69) is 48.5 Å². The van der Waals surface area contributed by atoms with Gasteiger partial charge < -0.3 is 9.47 Å². The third kappa shape index (κ3) is 8.18. The second-order valence-corrected chi connectivity index (χ2v) is 17.2. The fourth-order valence-electron chi connectivity index (χ4n) is 9.87. The molecule has 0 atom stereocenters. The smallest absolute Gasteiger partial charge is 0.343 e. The highest BCUT2D eigenvalue weighted by atomic mass is 16.5. The van der Waals surface area contributed by atoms with Crippen LogP contribution in [-0.4, -0.2) is 11.9 Å². The van der Waals surface area contributed by atoms with Gasteiger partial charge in [-0.25, -0.2) is 9.59 Å². The average molecular weight is 811 g/mol. The molecule has 0 saturated heterocycles. The van der Waals surface area contributed by atoms with Crippen molar-refractivity contribution in [3.63, 3.8) is 0 Å². The summed E-state index contributed by atoms with van der Waals surface area (Å²) in [5.74, 6) is 1.13. The van der Waals surface area contributed by atoms with Crippen LogP contribution in [0.2, 0.25) is 0 Å². The second-order valence-electron chi connectivity index (χ2n) is 17.2. The van der Waals surface area contributed by atoms with Crippen molar-refractivity contribution in [2.75, 3.05) is 0 Å². The highest BCUT2D eigenvalue weighted by molar-refractivity contribution is 6.11. The minimum Gasteiger partial charge on any atom is -0.422 e. The number of esters is 2. The van der Waals surface area contributed by atoms with Crippen molar-refractivity contribution in [3.8, 4) is 44.9 Å². The Bertz CT molecular complexity index is 2660. The van der Waals surface area contributed by atoms with E-state index in [0.29, 0.717) is 45.6 Å². The molecule has 0 spiro atoms. The van der Waals surface area contributed by atoms with E-state index in [-0.39, 0.29) is 0 Å². The van der Waals surface area contributed by atoms with Crippen LogP contribution in [0.5, 0.6) is 11.5 Å². The lowest BCUT2D eigenvalue weighted by Gasteiger charge is -2.22. The van der Waals surface area contributed by atoms with Gasteiger partial charge in [0.1, 0.15) is 11.5 Å². The van der Waals surface area contributed by atoms with Gasteiger partial charge in [0.2, 0.25) is 0 Å². The number of hydrogen-bond donors (Lipinski definition) is 0. The molecule has 2 fully saturated rings. The van der Waals surface area contributed by atoms with E-state index in [4.69, 9.17) is 9.47 Å². The fourth-order valence-corrected chi connectivity index (χ4v) is 9.87. The van der Waals surface area contributed by atoms with E-state index in [1.807, 2.05) is 121 Å². The van der Waals surface area contributed by atoms with Gasteiger partial charge in [-0.15, -0.1) is 0 Å². The molecular weight excluding hydrogens is 761 g/mol. The second kappa shape index (κ2) is 17.7. The number of benzene rings is 8. The molecule has 0 aliphatic heterocycles. The highest BCUT2D eigenvalue weighted by Gasteiger charge is 2.24. The normalized spacial score (nSPS) is 14.8. The van der Waals surface area contributed by atoms with E-state index in [1.54, 1.807) is 0 Å². The Labute approximate surface area is 364 Å². The lowest BCUT2D eigenvalue weighted by atomic mass is 9.84. The van der Waals surface area contributed by atoms with Crippen LogP contribution in [0, 0.1) is 0 Å². The minimum atomic E-state index is -0.469. The van der Waals surface area contributed by atoms with Crippen molar-refractivity contribution in [1.82, 2.24) is 0 Å². The van der Waals surface area contributed by atoms with Gasteiger partial charge in [-0.2, -0.15) is 0 Å². The predicted molar refractivity (Wildman–Crippen MR) is 252 cm³/mol. The summed E-state index contributed by atoms with van der Waals surface area (Å²) in [6.45, 7) is 0. The topological polar surface area (TPSA) is 52.6 Å². The predicted octanol–water partition coefficient (Wildman–Crippen LogP) is 15.5. The van der Waals surface area contributed by atoms with Crippen molar-refractivity contribution in [3.05, 3.63) is 192 Å². The molecule has 0 heterocycles. The number of carbonyl (C=O) groups is 2. The van der Waals surface area contributed by atoms with E-state index >= 15 is 0 Å². The summed E-state index contributed by atoms with van der Waals surface area (Å²) in [5.41, 5.74) is 9.42.